The third kappa shape index (κ3) is 3.65. The Bertz CT molecular complexity index is 816. The Kier molecular flexibility index (Phi) is 5.31. The Labute approximate surface area is 154 Å². The van der Waals surface area contributed by atoms with Crippen LogP contribution in [0.3, 0.4) is 0 Å². The van der Waals surface area contributed by atoms with Crippen LogP contribution in [0.15, 0.2) is 64.8 Å². The van der Waals surface area contributed by atoms with Gasteiger partial charge < -0.3 is 10.2 Å². The molecule has 0 bridgehead atoms. The van der Waals surface area contributed by atoms with Gasteiger partial charge in [0.2, 0.25) is 0 Å². The molecule has 2 N–H and O–H groups in total. The number of carbonyl (C=O) groups excluding carboxylic acids is 2. The molecule has 128 valence electrons. The molecule has 0 spiro atoms. The van der Waals surface area contributed by atoms with Gasteiger partial charge in [0, 0.05) is 15.6 Å². The van der Waals surface area contributed by atoms with Gasteiger partial charge in [-0.25, -0.2) is 10.2 Å². The van der Waals surface area contributed by atoms with Crippen LogP contribution in [0.4, 0.5) is 0 Å². The second-order valence-corrected chi connectivity index (χ2v) is 6.36. The smallest absolute Gasteiger partial charge is 0.356 e. The fourth-order valence-corrected chi connectivity index (χ4v) is 2.96. The molecule has 0 saturated heterocycles. The number of esters is 1. The van der Waals surface area contributed by atoms with E-state index in [1.807, 2.05) is 42.5 Å². The summed E-state index contributed by atoms with van der Waals surface area (Å²) in [4.78, 5) is 25.2. The van der Waals surface area contributed by atoms with Gasteiger partial charge in [-0.3, -0.25) is 4.79 Å². The maximum Gasteiger partial charge on any atom is 0.356 e. The van der Waals surface area contributed by atoms with E-state index in [4.69, 9.17) is 4.74 Å². The zero-order valence-corrected chi connectivity index (χ0v) is 15.2. The normalized spacial score (nSPS) is 16.5. The van der Waals surface area contributed by atoms with Gasteiger partial charge in [-0.1, -0.05) is 58.4 Å². The monoisotopic (exact) mass is 400 g/mol. The van der Waals surface area contributed by atoms with E-state index in [0.717, 1.165) is 10.0 Å². The molecule has 2 aromatic carbocycles. The second-order valence-electron chi connectivity index (χ2n) is 5.45. The molecule has 0 aliphatic carbocycles. The maximum absolute atomic E-state index is 13.0. The SMILES string of the molecule is CCOC(=O)C1=C(c2ccccc2)[C@H](C(=O)c2ccc(Br)cc2)NN1. The highest BCUT2D eigenvalue weighted by atomic mass is 79.9. The first kappa shape index (κ1) is 17.4. The van der Waals surface area contributed by atoms with Gasteiger partial charge in [0.1, 0.15) is 11.7 Å². The van der Waals surface area contributed by atoms with Gasteiger partial charge in [-0.15, -0.1) is 0 Å². The van der Waals surface area contributed by atoms with E-state index in [1.54, 1.807) is 19.1 Å². The van der Waals surface area contributed by atoms with Crippen molar-refractivity contribution in [1.82, 2.24) is 10.9 Å². The molecular formula is C19H17BrN2O3. The molecule has 1 heterocycles. The third-order valence-corrected chi connectivity index (χ3v) is 4.38. The summed E-state index contributed by atoms with van der Waals surface area (Å²) in [5, 5.41) is 0. The zero-order chi connectivity index (χ0) is 17.8. The lowest BCUT2D eigenvalue weighted by molar-refractivity contribution is -0.138. The summed E-state index contributed by atoms with van der Waals surface area (Å²) in [6.45, 7) is 2.00. The summed E-state index contributed by atoms with van der Waals surface area (Å²) in [5.41, 5.74) is 7.95. The number of nitrogens with one attached hydrogen (secondary N) is 2. The largest absolute Gasteiger partial charge is 0.461 e. The molecule has 5 nitrogen and oxygen atoms in total. The molecule has 0 saturated carbocycles. The molecule has 0 unspecified atom stereocenters. The Morgan fingerprint density at radius 2 is 1.76 bits per heavy atom. The molecule has 0 radical (unpaired) electrons. The van der Waals surface area contributed by atoms with Gasteiger partial charge in [0.05, 0.1) is 6.61 Å². The van der Waals surface area contributed by atoms with Crippen molar-refractivity contribution in [1.29, 1.82) is 0 Å². The summed E-state index contributed by atoms with van der Waals surface area (Å²) in [7, 11) is 0. The maximum atomic E-state index is 13.0. The number of hydrogen-bond donors (Lipinski definition) is 2. The zero-order valence-electron chi connectivity index (χ0n) is 13.6. The number of hydrazine groups is 1. The summed E-state index contributed by atoms with van der Waals surface area (Å²) in [5.74, 6) is -0.613. The number of hydrogen-bond acceptors (Lipinski definition) is 5. The summed E-state index contributed by atoms with van der Waals surface area (Å²) >= 11 is 3.36. The van der Waals surface area contributed by atoms with Crippen molar-refractivity contribution in [3.05, 3.63) is 75.9 Å². The van der Waals surface area contributed by atoms with E-state index in [0.29, 0.717) is 11.1 Å². The lowest BCUT2D eigenvalue weighted by atomic mass is 9.92. The van der Waals surface area contributed by atoms with E-state index < -0.39 is 12.0 Å². The van der Waals surface area contributed by atoms with Crippen molar-refractivity contribution in [2.24, 2.45) is 0 Å². The van der Waals surface area contributed by atoms with E-state index in [1.165, 1.54) is 0 Å². The van der Waals surface area contributed by atoms with Gasteiger partial charge in [-0.05, 0) is 24.6 Å². The van der Waals surface area contributed by atoms with Gasteiger partial charge in [0.15, 0.2) is 5.78 Å². The van der Waals surface area contributed by atoms with E-state index in [-0.39, 0.29) is 18.1 Å². The van der Waals surface area contributed by atoms with Crippen molar-refractivity contribution < 1.29 is 14.3 Å². The summed E-state index contributed by atoms with van der Waals surface area (Å²) in [6.07, 6.45) is 0. The number of halogens is 1. The molecule has 6 heteroatoms. The van der Waals surface area contributed by atoms with Crippen LogP contribution < -0.4 is 10.9 Å². The molecule has 1 atom stereocenters. The van der Waals surface area contributed by atoms with Gasteiger partial charge >= 0.3 is 5.97 Å². The number of benzene rings is 2. The molecule has 0 amide bonds. The summed E-state index contributed by atoms with van der Waals surface area (Å²) < 4.78 is 6.01. The second kappa shape index (κ2) is 7.63. The van der Waals surface area contributed by atoms with Gasteiger partial charge in [0.25, 0.3) is 0 Å². The molecule has 1 aliphatic heterocycles. The highest BCUT2D eigenvalue weighted by Crippen LogP contribution is 2.28. The average Bonchev–Trinajstić information content (AvgIpc) is 3.08. The minimum Gasteiger partial charge on any atom is -0.461 e. The van der Waals surface area contributed by atoms with Crippen LogP contribution >= 0.6 is 15.9 Å². The highest BCUT2D eigenvalue weighted by Gasteiger charge is 2.35. The number of ether oxygens (including phenoxy) is 1. The van der Waals surface area contributed by atoms with Crippen molar-refractivity contribution in [2.75, 3.05) is 6.61 Å². The molecule has 0 fully saturated rings. The molecule has 1 aliphatic rings. The minimum atomic E-state index is -0.678. The predicted molar refractivity (Wildman–Crippen MR) is 98.5 cm³/mol. The topological polar surface area (TPSA) is 67.4 Å². The van der Waals surface area contributed by atoms with Crippen LogP contribution in [0, 0.1) is 0 Å². The van der Waals surface area contributed by atoms with Gasteiger partial charge in [-0.2, -0.15) is 0 Å². The van der Waals surface area contributed by atoms with Crippen LogP contribution in [-0.4, -0.2) is 24.4 Å². The Balaban J connectivity index is 2.02. The first-order valence-corrected chi connectivity index (χ1v) is 8.69. The standard InChI is InChI=1S/C19H17BrN2O3/c1-2-25-19(24)17-15(12-6-4-3-5-7-12)16(21-22-17)18(23)13-8-10-14(20)11-9-13/h3-11,16,21-22H,2H2,1H3/t16-/m1/s1. The Morgan fingerprint density at radius 1 is 1.08 bits per heavy atom. The number of rotatable bonds is 5. The predicted octanol–water partition coefficient (Wildman–Crippen LogP) is 3.08. The van der Waals surface area contributed by atoms with Crippen LogP contribution in [0.25, 0.3) is 5.57 Å². The minimum absolute atomic E-state index is 0.127. The van der Waals surface area contributed by atoms with Crippen LogP contribution in [0.2, 0.25) is 0 Å². The lowest BCUT2D eigenvalue weighted by Gasteiger charge is -2.14. The molecule has 0 aromatic heterocycles. The lowest BCUT2D eigenvalue weighted by Crippen LogP contribution is -2.39. The van der Waals surface area contributed by atoms with Crippen molar-refractivity contribution in [3.8, 4) is 0 Å². The van der Waals surface area contributed by atoms with Crippen molar-refractivity contribution in [3.63, 3.8) is 0 Å². The first-order chi connectivity index (χ1) is 12.1. The molecule has 3 rings (SSSR count). The van der Waals surface area contributed by atoms with E-state index >= 15 is 0 Å². The van der Waals surface area contributed by atoms with Crippen molar-refractivity contribution in [2.45, 2.75) is 13.0 Å². The molecule has 2 aromatic rings. The quantitative estimate of drug-likeness (QED) is 0.596. The molecular weight excluding hydrogens is 384 g/mol. The number of Topliss-reactive ketones (excluding diaryl/α,β-unsaturated/α-hetero) is 1. The van der Waals surface area contributed by atoms with E-state index in [9.17, 15) is 9.59 Å². The third-order valence-electron chi connectivity index (χ3n) is 3.85. The van der Waals surface area contributed by atoms with Crippen LogP contribution in [-0.2, 0) is 9.53 Å². The fraction of sp³-hybridized carbons (Fsp3) is 0.158. The Hall–Kier alpha value is -2.44. The van der Waals surface area contributed by atoms with Crippen molar-refractivity contribution >= 4 is 33.3 Å². The number of carbonyl (C=O) groups is 2. The number of ketones is 1. The first-order valence-electron chi connectivity index (χ1n) is 7.90. The summed E-state index contributed by atoms with van der Waals surface area (Å²) in [6, 6.07) is 15.8. The Morgan fingerprint density at radius 3 is 2.40 bits per heavy atom. The molecule has 25 heavy (non-hydrogen) atoms. The fourth-order valence-electron chi connectivity index (χ4n) is 2.70. The van der Waals surface area contributed by atoms with Crippen LogP contribution in [0.1, 0.15) is 22.8 Å². The highest BCUT2D eigenvalue weighted by molar-refractivity contribution is 9.10. The average molecular weight is 401 g/mol. The van der Waals surface area contributed by atoms with Crippen LogP contribution in [0.5, 0.6) is 0 Å². The van der Waals surface area contributed by atoms with E-state index in [2.05, 4.69) is 26.8 Å².